The van der Waals surface area contributed by atoms with Crippen molar-refractivity contribution in [3.05, 3.63) is 29.1 Å². The molecule has 1 amide bonds. The van der Waals surface area contributed by atoms with E-state index in [1.807, 2.05) is 0 Å². The predicted molar refractivity (Wildman–Crippen MR) is 74.4 cm³/mol. The maximum absolute atomic E-state index is 14.1. The maximum atomic E-state index is 14.1. The van der Waals surface area contributed by atoms with Crippen molar-refractivity contribution in [3.63, 3.8) is 0 Å². The Morgan fingerprint density at radius 2 is 1.95 bits per heavy atom. The van der Waals surface area contributed by atoms with Gasteiger partial charge in [0.1, 0.15) is 5.82 Å². The minimum Gasteiger partial charge on any atom is -0.336 e. The highest BCUT2D eigenvalue weighted by Gasteiger charge is 2.24. The summed E-state index contributed by atoms with van der Waals surface area (Å²) in [6.07, 6.45) is 0. The molecular formula is C13H19FN2O3S. The van der Waals surface area contributed by atoms with E-state index in [2.05, 4.69) is 0 Å². The first-order valence-corrected chi connectivity index (χ1v) is 7.78. The number of halogens is 1. The summed E-state index contributed by atoms with van der Waals surface area (Å²) < 4.78 is 36.8. The van der Waals surface area contributed by atoms with Gasteiger partial charge in [0.05, 0.1) is 10.5 Å². The van der Waals surface area contributed by atoms with E-state index in [0.29, 0.717) is 6.54 Å². The third kappa shape index (κ3) is 3.34. The van der Waals surface area contributed by atoms with Gasteiger partial charge in [0.25, 0.3) is 5.91 Å². The van der Waals surface area contributed by atoms with E-state index in [9.17, 15) is 17.6 Å². The molecule has 0 heterocycles. The summed E-state index contributed by atoms with van der Waals surface area (Å²) >= 11 is 0. The minimum absolute atomic E-state index is 0.0692. The Hall–Kier alpha value is -1.47. The molecule has 2 N–H and O–H groups in total. The van der Waals surface area contributed by atoms with Crippen molar-refractivity contribution in [2.24, 2.45) is 5.14 Å². The number of hydrogen-bond donors (Lipinski definition) is 1. The molecule has 1 aromatic rings. The van der Waals surface area contributed by atoms with Crippen LogP contribution in [-0.2, 0) is 10.0 Å². The Labute approximate surface area is 118 Å². The number of carbonyl (C=O) groups excluding carboxylic acids is 1. The predicted octanol–water partition coefficient (Wildman–Crippen LogP) is 1.65. The van der Waals surface area contributed by atoms with Gasteiger partial charge in [-0.1, -0.05) is 0 Å². The van der Waals surface area contributed by atoms with Crippen LogP contribution in [0.2, 0.25) is 0 Å². The molecule has 1 aromatic carbocycles. The Morgan fingerprint density at radius 3 is 2.35 bits per heavy atom. The number of primary sulfonamides is 1. The number of nitrogens with two attached hydrogens (primary N) is 1. The van der Waals surface area contributed by atoms with Gasteiger partial charge in [-0.25, -0.2) is 17.9 Å². The molecule has 0 unspecified atom stereocenters. The van der Waals surface area contributed by atoms with Gasteiger partial charge in [-0.05, 0) is 45.4 Å². The molecule has 0 saturated carbocycles. The third-order valence-electron chi connectivity index (χ3n) is 3.01. The van der Waals surface area contributed by atoms with E-state index in [1.54, 1.807) is 20.8 Å². The zero-order chi connectivity index (χ0) is 15.7. The largest absolute Gasteiger partial charge is 0.336 e. The molecule has 0 bridgehead atoms. The summed E-state index contributed by atoms with van der Waals surface area (Å²) in [5, 5.41) is 5.04. The van der Waals surface area contributed by atoms with Crippen LogP contribution in [0.15, 0.2) is 17.0 Å². The molecule has 0 aliphatic carbocycles. The van der Waals surface area contributed by atoms with E-state index in [-0.39, 0.29) is 22.1 Å². The van der Waals surface area contributed by atoms with Crippen LogP contribution in [0, 0.1) is 12.7 Å². The standard InChI is InChI=1S/C13H19FN2O3S/c1-5-16(8(2)3)13(17)11-7-10(20(15,18)19)6-9(4)12(11)14/h6-8H,5H2,1-4H3,(H2,15,18,19). The van der Waals surface area contributed by atoms with E-state index < -0.39 is 21.7 Å². The topological polar surface area (TPSA) is 80.5 Å². The summed E-state index contributed by atoms with van der Waals surface area (Å²) in [6, 6.07) is 1.99. The molecule has 112 valence electrons. The average Bonchev–Trinajstić information content (AvgIpc) is 2.31. The molecule has 0 radical (unpaired) electrons. The molecule has 20 heavy (non-hydrogen) atoms. The fourth-order valence-corrected chi connectivity index (χ4v) is 2.58. The second-order valence-electron chi connectivity index (χ2n) is 4.83. The monoisotopic (exact) mass is 302 g/mol. The van der Waals surface area contributed by atoms with Crippen molar-refractivity contribution in [2.45, 2.75) is 38.6 Å². The van der Waals surface area contributed by atoms with Gasteiger partial charge in [0, 0.05) is 12.6 Å². The van der Waals surface area contributed by atoms with Crippen molar-refractivity contribution >= 4 is 15.9 Å². The van der Waals surface area contributed by atoms with E-state index >= 15 is 0 Å². The number of nitrogens with zero attached hydrogens (tertiary/aromatic N) is 1. The molecule has 0 aromatic heterocycles. The third-order valence-corrected chi connectivity index (χ3v) is 3.90. The fourth-order valence-electron chi connectivity index (χ4n) is 1.95. The van der Waals surface area contributed by atoms with Crippen molar-refractivity contribution in [1.82, 2.24) is 4.90 Å². The lowest BCUT2D eigenvalue weighted by atomic mass is 10.1. The van der Waals surface area contributed by atoms with Crippen LogP contribution in [0.5, 0.6) is 0 Å². The first-order chi connectivity index (χ1) is 9.09. The fraction of sp³-hybridized carbons (Fsp3) is 0.462. The van der Waals surface area contributed by atoms with Gasteiger partial charge < -0.3 is 4.90 Å². The Balaban J connectivity index is 3.45. The second kappa shape index (κ2) is 5.88. The SMILES string of the molecule is CCN(C(=O)c1cc(S(N)(=O)=O)cc(C)c1F)C(C)C. The first-order valence-electron chi connectivity index (χ1n) is 6.23. The number of rotatable bonds is 4. The quantitative estimate of drug-likeness (QED) is 0.918. The lowest BCUT2D eigenvalue weighted by Gasteiger charge is -2.25. The summed E-state index contributed by atoms with van der Waals surface area (Å²) in [7, 11) is -3.99. The molecule has 7 heteroatoms. The van der Waals surface area contributed by atoms with Crippen LogP contribution in [0.25, 0.3) is 0 Å². The van der Waals surface area contributed by atoms with E-state index in [4.69, 9.17) is 5.14 Å². The van der Waals surface area contributed by atoms with Gasteiger partial charge in [-0.2, -0.15) is 0 Å². The Bertz CT molecular complexity index is 627. The summed E-state index contributed by atoms with van der Waals surface area (Å²) in [5.74, 6) is -1.27. The summed E-state index contributed by atoms with van der Waals surface area (Å²) in [5.41, 5.74) is -0.204. The van der Waals surface area contributed by atoms with Crippen molar-refractivity contribution < 1.29 is 17.6 Å². The highest BCUT2D eigenvalue weighted by atomic mass is 32.2. The molecular weight excluding hydrogens is 283 g/mol. The molecule has 0 saturated heterocycles. The van der Waals surface area contributed by atoms with Crippen LogP contribution in [-0.4, -0.2) is 31.8 Å². The second-order valence-corrected chi connectivity index (χ2v) is 6.39. The summed E-state index contributed by atoms with van der Waals surface area (Å²) in [6.45, 7) is 7.17. The number of carbonyl (C=O) groups is 1. The van der Waals surface area contributed by atoms with Crippen molar-refractivity contribution in [1.29, 1.82) is 0 Å². The number of benzene rings is 1. The number of sulfonamides is 1. The smallest absolute Gasteiger partial charge is 0.257 e. The zero-order valence-corrected chi connectivity index (χ0v) is 12.8. The highest BCUT2D eigenvalue weighted by Crippen LogP contribution is 2.20. The molecule has 0 atom stereocenters. The molecule has 5 nitrogen and oxygen atoms in total. The Morgan fingerprint density at radius 1 is 1.40 bits per heavy atom. The number of hydrogen-bond acceptors (Lipinski definition) is 3. The Kier molecular flexibility index (Phi) is 4.88. The van der Waals surface area contributed by atoms with Crippen LogP contribution in [0.1, 0.15) is 36.7 Å². The highest BCUT2D eigenvalue weighted by molar-refractivity contribution is 7.89. The van der Waals surface area contributed by atoms with Crippen LogP contribution < -0.4 is 5.14 Å². The van der Waals surface area contributed by atoms with Gasteiger partial charge in [0.15, 0.2) is 0 Å². The van der Waals surface area contributed by atoms with Crippen molar-refractivity contribution in [3.8, 4) is 0 Å². The lowest BCUT2D eigenvalue weighted by molar-refractivity contribution is 0.0711. The first kappa shape index (κ1) is 16.6. The summed E-state index contributed by atoms with van der Waals surface area (Å²) in [4.78, 5) is 13.5. The van der Waals surface area contributed by atoms with Crippen LogP contribution >= 0.6 is 0 Å². The zero-order valence-electron chi connectivity index (χ0n) is 12.0. The molecule has 0 fully saturated rings. The minimum atomic E-state index is -3.99. The van der Waals surface area contributed by atoms with E-state index in [0.717, 1.165) is 12.1 Å². The molecule has 1 rings (SSSR count). The van der Waals surface area contributed by atoms with E-state index in [1.165, 1.54) is 11.8 Å². The van der Waals surface area contributed by atoms with Crippen LogP contribution in [0.4, 0.5) is 4.39 Å². The van der Waals surface area contributed by atoms with Gasteiger partial charge in [0.2, 0.25) is 10.0 Å². The lowest BCUT2D eigenvalue weighted by Crippen LogP contribution is -2.37. The molecule has 0 aliphatic heterocycles. The molecule has 0 aliphatic rings. The van der Waals surface area contributed by atoms with Gasteiger partial charge in [-0.15, -0.1) is 0 Å². The van der Waals surface area contributed by atoms with Crippen molar-refractivity contribution in [2.75, 3.05) is 6.54 Å². The average molecular weight is 302 g/mol. The normalized spacial score (nSPS) is 11.8. The number of aryl methyl sites for hydroxylation is 1. The van der Waals surface area contributed by atoms with Gasteiger partial charge in [-0.3, -0.25) is 4.79 Å². The van der Waals surface area contributed by atoms with Gasteiger partial charge >= 0.3 is 0 Å². The maximum Gasteiger partial charge on any atom is 0.257 e. The number of amides is 1. The van der Waals surface area contributed by atoms with Crippen LogP contribution in [0.3, 0.4) is 0 Å². The molecule has 0 spiro atoms.